The minimum absolute atomic E-state index is 0.191. The van der Waals surface area contributed by atoms with Gasteiger partial charge in [-0.15, -0.1) is 0 Å². The van der Waals surface area contributed by atoms with Gasteiger partial charge in [-0.05, 0) is 38.2 Å². The fraction of sp³-hybridized carbons (Fsp3) is 0.478. The van der Waals surface area contributed by atoms with E-state index in [0.717, 1.165) is 44.3 Å². The van der Waals surface area contributed by atoms with Crippen LogP contribution in [0.5, 0.6) is 0 Å². The average molecular weight is 472 g/mol. The van der Waals surface area contributed by atoms with Crippen LogP contribution >= 0.6 is 34.8 Å². The molecule has 0 saturated heterocycles. The van der Waals surface area contributed by atoms with Crippen LogP contribution in [0.1, 0.15) is 59.3 Å². The Morgan fingerprint density at radius 3 is 2.31 bits per heavy atom. The lowest BCUT2D eigenvalue weighted by atomic mass is 10.0. The summed E-state index contributed by atoms with van der Waals surface area (Å²) in [7, 11) is 7.30. The van der Waals surface area contributed by atoms with Crippen LogP contribution in [0.15, 0.2) is 72.6 Å². The van der Waals surface area contributed by atoms with Crippen molar-refractivity contribution in [3.8, 4) is 0 Å². The molecule has 0 aliphatic carbocycles. The molecule has 0 aliphatic rings. The first-order valence-electron chi connectivity index (χ1n) is 10.4. The van der Waals surface area contributed by atoms with Gasteiger partial charge in [0.2, 0.25) is 0 Å². The Morgan fingerprint density at radius 1 is 0.931 bits per heavy atom. The van der Waals surface area contributed by atoms with Crippen LogP contribution in [-0.2, 0) is 9.05 Å². The smallest absolute Gasteiger partial charge is 0.0955 e. The van der Waals surface area contributed by atoms with Crippen molar-refractivity contribution in [2.24, 2.45) is 5.92 Å². The fourth-order valence-corrected chi connectivity index (χ4v) is 4.22. The van der Waals surface area contributed by atoms with Gasteiger partial charge in [0.25, 0.3) is 0 Å². The van der Waals surface area contributed by atoms with Crippen molar-refractivity contribution >= 4 is 34.8 Å². The predicted molar refractivity (Wildman–Crippen MR) is 144 cm³/mol. The standard InChI is InChI=1S/C23H40O2P4/c1-4-6-7-8-13-16-20-23(25-29(27)28)21(3)18-14-11-9-10-12-15-19-22(24-26)17-5-2/h6-7,9-14,16,18-19,21,23H,4-5,8,15,17,20,26-28H2,1-3H3. The summed E-state index contributed by atoms with van der Waals surface area (Å²) < 4.78 is 11.4. The Labute approximate surface area is 187 Å². The molecule has 0 aromatic rings. The summed E-state index contributed by atoms with van der Waals surface area (Å²) in [6, 6.07) is 0. The second kappa shape index (κ2) is 21.2. The van der Waals surface area contributed by atoms with Crippen LogP contribution in [0.4, 0.5) is 0 Å². The third-order valence-electron chi connectivity index (χ3n) is 4.07. The largest absolute Gasteiger partial charge is 0.485 e. The Kier molecular flexibility index (Phi) is 21.1. The maximum atomic E-state index is 6.11. The maximum Gasteiger partial charge on any atom is 0.0955 e. The van der Waals surface area contributed by atoms with Gasteiger partial charge in [0.1, 0.15) is 0 Å². The van der Waals surface area contributed by atoms with Crippen molar-refractivity contribution in [2.45, 2.75) is 65.4 Å². The zero-order valence-electron chi connectivity index (χ0n) is 18.2. The molecule has 6 heteroatoms. The van der Waals surface area contributed by atoms with E-state index in [-0.39, 0.29) is 6.10 Å². The van der Waals surface area contributed by atoms with Crippen LogP contribution in [0.2, 0.25) is 0 Å². The van der Waals surface area contributed by atoms with Crippen LogP contribution in [0.3, 0.4) is 0 Å². The van der Waals surface area contributed by atoms with E-state index in [1.807, 2.05) is 0 Å². The number of rotatable bonds is 16. The molecular weight excluding hydrogens is 432 g/mol. The van der Waals surface area contributed by atoms with Crippen molar-refractivity contribution < 1.29 is 9.05 Å². The third-order valence-corrected chi connectivity index (χ3v) is 5.61. The van der Waals surface area contributed by atoms with Crippen LogP contribution in [0.25, 0.3) is 0 Å². The second-order valence-electron chi connectivity index (χ2n) is 6.66. The van der Waals surface area contributed by atoms with E-state index in [1.165, 1.54) is 0 Å². The molecule has 0 amide bonds. The molecule has 0 aliphatic heterocycles. The van der Waals surface area contributed by atoms with Gasteiger partial charge in [-0.2, -0.15) is 0 Å². The molecule has 2 nitrogen and oxygen atoms in total. The number of allylic oxidation sites excluding steroid dienone is 10. The first-order valence-corrected chi connectivity index (χ1v) is 15.3. The van der Waals surface area contributed by atoms with Gasteiger partial charge in [-0.25, -0.2) is 0 Å². The Morgan fingerprint density at radius 2 is 1.66 bits per heavy atom. The third kappa shape index (κ3) is 18.4. The molecule has 0 fully saturated rings. The molecule has 0 saturated carbocycles. The first-order chi connectivity index (χ1) is 14.0. The van der Waals surface area contributed by atoms with E-state index in [1.54, 1.807) is 0 Å². The zero-order chi connectivity index (χ0) is 21.7. The quantitative estimate of drug-likeness (QED) is 0.0967. The summed E-state index contributed by atoms with van der Waals surface area (Å²) in [5.74, 6) is 1.38. The highest BCUT2D eigenvalue weighted by Crippen LogP contribution is 2.55. The Bertz CT molecular complexity index is 563. The van der Waals surface area contributed by atoms with Crippen molar-refractivity contribution in [2.75, 3.05) is 0 Å². The molecule has 164 valence electrons. The summed E-state index contributed by atoms with van der Waals surface area (Å²) in [5, 5.41) is 0. The fourth-order valence-electron chi connectivity index (χ4n) is 2.48. The number of hydrogen-bond acceptors (Lipinski definition) is 2. The molecule has 0 N–H and O–H groups in total. The topological polar surface area (TPSA) is 18.5 Å². The van der Waals surface area contributed by atoms with Gasteiger partial charge < -0.3 is 9.05 Å². The van der Waals surface area contributed by atoms with Crippen LogP contribution < -0.4 is 0 Å². The second-order valence-corrected chi connectivity index (χ2v) is 12.7. The van der Waals surface area contributed by atoms with Gasteiger partial charge in [0, 0.05) is 12.3 Å². The van der Waals surface area contributed by atoms with Gasteiger partial charge in [-0.1, -0.05) is 99.4 Å². The molecule has 0 radical (unpaired) electrons. The summed E-state index contributed by atoms with van der Waals surface area (Å²) in [6.07, 6.45) is 29.8. The minimum atomic E-state index is -0.536. The summed E-state index contributed by atoms with van der Waals surface area (Å²) >= 11 is 0. The van der Waals surface area contributed by atoms with Gasteiger partial charge in [-0.3, -0.25) is 0 Å². The molecule has 0 aromatic carbocycles. The predicted octanol–water partition coefficient (Wildman–Crippen LogP) is 8.84. The van der Waals surface area contributed by atoms with Crippen molar-refractivity contribution in [1.82, 2.24) is 0 Å². The van der Waals surface area contributed by atoms with Gasteiger partial charge in [0.05, 0.1) is 28.9 Å². The molecule has 29 heavy (non-hydrogen) atoms. The lowest BCUT2D eigenvalue weighted by molar-refractivity contribution is 0.196. The highest BCUT2D eigenvalue weighted by molar-refractivity contribution is 8.41. The van der Waals surface area contributed by atoms with Crippen LogP contribution in [0, 0.1) is 5.92 Å². The SMILES string of the molecule is CCC=CCC=CCC(OP(P)P)C(C)C=CC=CC=CCC=C(CCC)OP. The Hall–Kier alpha value is -0.0800. The van der Waals surface area contributed by atoms with E-state index in [2.05, 4.69) is 115 Å². The normalized spacial score (nSPS) is 15.8. The maximum absolute atomic E-state index is 6.11. The molecule has 0 spiro atoms. The van der Waals surface area contributed by atoms with Gasteiger partial charge >= 0.3 is 0 Å². The van der Waals surface area contributed by atoms with E-state index >= 15 is 0 Å². The van der Waals surface area contributed by atoms with Crippen molar-refractivity contribution in [3.63, 3.8) is 0 Å². The highest BCUT2D eigenvalue weighted by atomic mass is 32.4. The summed E-state index contributed by atoms with van der Waals surface area (Å²) in [6.45, 7) is 6.52. The molecule has 0 bridgehead atoms. The van der Waals surface area contributed by atoms with E-state index < -0.39 is 7.53 Å². The van der Waals surface area contributed by atoms with E-state index in [4.69, 9.17) is 9.05 Å². The molecule has 0 heterocycles. The van der Waals surface area contributed by atoms with Crippen molar-refractivity contribution in [1.29, 1.82) is 0 Å². The molecular formula is C23H40O2P4. The average Bonchev–Trinajstić information content (AvgIpc) is 2.70. The van der Waals surface area contributed by atoms with Crippen molar-refractivity contribution in [3.05, 3.63) is 72.6 Å². The summed E-state index contributed by atoms with van der Waals surface area (Å²) in [4.78, 5) is 0. The summed E-state index contributed by atoms with van der Waals surface area (Å²) in [5.41, 5.74) is 0. The monoisotopic (exact) mass is 472 g/mol. The zero-order valence-corrected chi connectivity index (χ0v) is 22.6. The lowest BCUT2D eigenvalue weighted by Crippen LogP contribution is -2.16. The lowest BCUT2D eigenvalue weighted by Gasteiger charge is -2.22. The molecule has 0 rings (SSSR count). The van der Waals surface area contributed by atoms with E-state index in [9.17, 15) is 0 Å². The Balaban J connectivity index is 4.49. The van der Waals surface area contributed by atoms with Gasteiger partial charge in [0.15, 0.2) is 0 Å². The van der Waals surface area contributed by atoms with E-state index in [0.29, 0.717) is 5.92 Å². The molecule has 5 atom stereocenters. The minimum Gasteiger partial charge on any atom is -0.485 e. The first kappa shape index (κ1) is 28.9. The highest BCUT2D eigenvalue weighted by Gasteiger charge is 2.15. The molecule has 5 unspecified atom stereocenters. The number of hydrogen-bond donors (Lipinski definition) is 0. The van der Waals surface area contributed by atoms with Crippen LogP contribution in [-0.4, -0.2) is 6.10 Å². The molecule has 0 aromatic heterocycles.